The van der Waals surface area contributed by atoms with Gasteiger partial charge in [0.05, 0.1) is 4.92 Å². The number of alkyl halides is 1. The lowest BCUT2D eigenvalue weighted by Crippen LogP contribution is -2.29. The number of para-hydroxylation sites is 1. The number of rotatable bonds is 4. The van der Waals surface area contributed by atoms with Crippen molar-refractivity contribution in [1.82, 2.24) is 5.32 Å². The normalized spacial score (nSPS) is 11.9. The van der Waals surface area contributed by atoms with E-state index in [1.165, 1.54) is 6.07 Å². The summed E-state index contributed by atoms with van der Waals surface area (Å²) in [6.07, 6.45) is 0. The highest BCUT2D eigenvalue weighted by atomic mass is 79.9. The molecule has 1 aromatic carbocycles. The fourth-order valence-corrected chi connectivity index (χ4v) is 1.57. The van der Waals surface area contributed by atoms with Crippen molar-refractivity contribution < 1.29 is 9.72 Å². The van der Waals surface area contributed by atoms with Crippen LogP contribution in [0.5, 0.6) is 0 Å². The molecule has 6 heteroatoms. The average molecular weight is 301 g/mol. The number of nitro groups is 1. The van der Waals surface area contributed by atoms with Crippen LogP contribution in [0.3, 0.4) is 0 Å². The molecule has 0 radical (unpaired) electrons. The Labute approximate surface area is 107 Å². The van der Waals surface area contributed by atoms with Crippen LogP contribution in [0.2, 0.25) is 0 Å². The number of nitrogens with zero attached hydrogens (tertiary/aromatic N) is 1. The lowest BCUT2D eigenvalue weighted by atomic mass is 10.1. The zero-order valence-electron chi connectivity index (χ0n) is 9.57. The fourth-order valence-electron chi connectivity index (χ4n) is 1.41. The number of carbonyl (C=O) groups is 1. The monoisotopic (exact) mass is 300 g/mol. The molecule has 0 saturated heterocycles. The Morgan fingerprint density at radius 3 is 2.76 bits per heavy atom. The Morgan fingerprint density at radius 2 is 2.24 bits per heavy atom. The van der Waals surface area contributed by atoms with Crippen LogP contribution in [0.25, 0.3) is 0 Å². The molecular formula is C11H13BrN2O3. The molecule has 92 valence electrons. The Hall–Kier alpha value is -1.43. The van der Waals surface area contributed by atoms with Crippen LogP contribution in [-0.2, 0) is 0 Å². The van der Waals surface area contributed by atoms with Gasteiger partial charge in [0.25, 0.3) is 11.6 Å². The molecule has 1 atom stereocenters. The smallest absolute Gasteiger partial charge is 0.285 e. The lowest BCUT2D eigenvalue weighted by Gasteiger charge is -2.08. The Bertz CT molecular complexity index is 446. The van der Waals surface area contributed by atoms with Crippen LogP contribution in [0.1, 0.15) is 22.8 Å². The number of amides is 1. The molecule has 5 nitrogen and oxygen atoms in total. The summed E-state index contributed by atoms with van der Waals surface area (Å²) in [5.74, 6) is -0.424. The van der Waals surface area contributed by atoms with Crippen LogP contribution in [0, 0.1) is 17.0 Å². The van der Waals surface area contributed by atoms with Crippen molar-refractivity contribution in [3.8, 4) is 0 Å². The van der Waals surface area contributed by atoms with E-state index in [0.717, 1.165) is 0 Å². The molecule has 0 spiro atoms. The maximum Gasteiger partial charge on any atom is 0.285 e. The first-order valence-corrected chi connectivity index (χ1v) is 6.01. The number of hydrogen-bond donors (Lipinski definition) is 1. The van der Waals surface area contributed by atoms with Crippen molar-refractivity contribution >= 4 is 27.5 Å². The van der Waals surface area contributed by atoms with Crippen molar-refractivity contribution in [2.24, 2.45) is 0 Å². The van der Waals surface area contributed by atoms with E-state index in [1.54, 1.807) is 19.1 Å². The SMILES string of the molecule is Cc1cccc(C(=O)NCC(C)Br)c1[N+](=O)[O-]. The predicted molar refractivity (Wildman–Crippen MR) is 68.6 cm³/mol. The van der Waals surface area contributed by atoms with E-state index in [4.69, 9.17) is 0 Å². The van der Waals surface area contributed by atoms with Crippen LogP contribution in [-0.4, -0.2) is 22.2 Å². The van der Waals surface area contributed by atoms with Gasteiger partial charge >= 0.3 is 0 Å². The van der Waals surface area contributed by atoms with E-state index >= 15 is 0 Å². The first-order chi connectivity index (χ1) is 7.93. The van der Waals surface area contributed by atoms with Crippen molar-refractivity contribution in [3.63, 3.8) is 0 Å². The molecule has 0 aliphatic carbocycles. The molecular weight excluding hydrogens is 288 g/mol. The Balaban J connectivity index is 3.01. The molecule has 1 unspecified atom stereocenters. The van der Waals surface area contributed by atoms with Gasteiger partial charge in [0.1, 0.15) is 5.56 Å². The highest BCUT2D eigenvalue weighted by Gasteiger charge is 2.22. The van der Waals surface area contributed by atoms with Gasteiger partial charge in [0, 0.05) is 16.9 Å². The second-order valence-electron chi connectivity index (χ2n) is 3.72. The molecule has 0 fully saturated rings. The number of nitrogens with one attached hydrogen (secondary N) is 1. The molecule has 0 bridgehead atoms. The first-order valence-electron chi connectivity index (χ1n) is 5.09. The fraction of sp³-hybridized carbons (Fsp3) is 0.364. The molecule has 1 amide bonds. The standard InChI is InChI=1S/C11H13BrN2O3/c1-7-4-3-5-9(10(7)14(16)17)11(15)13-6-8(2)12/h3-5,8H,6H2,1-2H3,(H,13,15). The summed E-state index contributed by atoms with van der Waals surface area (Å²) in [4.78, 5) is 22.3. The molecule has 0 heterocycles. The maximum atomic E-state index is 11.8. The van der Waals surface area contributed by atoms with Gasteiger partial charge in [-0.1, -0.05) is 35.0 Å². The summed E-state index contributed by atoms with van der Waals surface area (Å²) in [6, 6.07) is 4.70. The number of benzene rings is 1. The zero-order chi connectivity index (χ0) is 13.0. The van der Waals surface area contributed by atoms with Gasteiger partial charge in [-0.3, -0.25) is 14.9 Å². The average Bonchev–Trinajstić information content (AvgIpc) is 2.24. The van der Waals surface area contributed by atoms with E-state index in [0.29, 0.717) is 12.1 Å². The molecule has 1 rings (SSSR count). The summed E-state index contributed by atoms with van der Waals surface area (Å²) in [7, 11) is 0. The lowest BCUT2D eigenvalue weighted by molar-refractivity contribution is -0.385. The zero-order valence-corrected chi connectivity index (χ0v) is 11.2. The Kier molecular flexibility index (Phi) is 4.62. The minimum absolute atomic E-state index is 0.100. The minimum Gasteiger partial charge on any atom is -0.351 e. The third-order valence-electron chi connectivity index (χ3n) is 2.21. The second-order valence-corrected chi connectivity index (χ2v) is 5.28. The minimum atomic E-state index is -0.526. The third-order valence-corrected chi connectivity index (χ3v) is 2.53. The van der Waals surface area contributed by atoms with Crippen molar-refractivity contribution in [1.29, 1.82) is 0 Å². The van der Waals surface area contributed by atoms with Gasteiger partial charge in [-0.15, -0.1) is 0 Å². The number of aryl methyl sites for hydroxylation is 1. The van der Waals surface area contributed by atoms with E-state index in [9.17, 15) is 14.9 Å². The first kappa shape index (κ1) is 13.6. The van der Waals surface area contributed by atoms with Gasteiger partial charge in [0.15, 0.2) is 0 Å². The van der Waals surface area contributed by atoms with E-state index in [1.807, 2.05) is 6.92 Å². The van der Waals surface area contributed by atoms with Gasteiger partial charge in [-0.25, -0.2) is 0 Å². The van der Waals surface area contributed by atoms with E-state index < -0.39 is 10.8 Å². The van der Waals surface area contributed by atoms with Crippen LogP contribution < -0.4 is 5.32 Å². The summed E-state index contributed by atoms with van der Waals surface area (Å²) in [5, 5.41) is 13.5. The second kappa shape index (κ2) is 5.77. The van der Waals surface area contributed by atoms with Crippen molar-refractivity contribution in [2.45, 2.75) is 18.7 Å². The van der Waals surface area contributed by atoms with Crippen LogP contribution in [0.15, 0.2) is 18.2 Å². The highest BCUT2D eigenvalue weighted by molar-refractivity contribution is 9.09. The molecule has 0 aliphatic rings. The number of halogens is 1. The topological polar surface area (TPSA) is 72.2 Å². The molecule has 1 aromatic rings. The maximum absolute atomic E-state index is 11.8. The van der Waals surface area contributed by atoms with Gasteiger partial charge < -0.3 is 5.32 Å². The molecule has 17 heavy (non-hydrogen) atoms. The number of hydrogen-bond acceptors (Lipinski definition) is 3. The van der Waals surface area contributed by atoms with Crippen molar-refractivity contribution in [3.05, 3.63) is 39.4 Å². The Morgan fingerprint density at radius 1 is 1.59 bits per heavy atom. The quantitative estimate of drug-likeness (QED) is 0.527. The summed E-state index contributed by atoms with van der Waals surface area (Å²) >= 11 is 3.29. The highest BCUT2D eigenvalue weighted by Crippen LogP contribution is 2.22. The van der Waals surface area contributed by atoms with Gasteiger partial charge in [-0.2, -0.15) is 0 Å². The molecule has 0 aliphatic heterocycles. The van der Waals surface area contributed by atoms with Gasteiger partial charge in [-0.05, 0) is 13.0 Å². The van der Waals surface area contributed by atoms with Crippen LogP contribution >= 0.6 is 15.9 Å². The summed E-state index contributed by atoms with van der Waals surface area (Å²) < 4.78 is 0. The van der Waals surface area contributed by atoms with E-state index in [2.05, 4.69) is 21.2 Å². The van der Waals surface area contributed by atoms with Gasteiger partial charge in [0.2, 0.25) is 0 Å². The van der Waals surface area contributed by atoms with Crippen LogP contribution in [0.4, 0.5) is 5.69 Å². The summed E-state index contributed by atoms with van der Waals surface area (Å²) in [5.41, 5.74) is 0.449. The number of carbonyl (C=O) groups excluding carboxylic acids is 1. The predicted octanol–water partition coefficient (Wildman–Crippen LogP) is 2.42. The van der Waals surface area contributed by atoms with Crippen molar-refractivity contribution in [2.75, 3.05) is 6.54 Å². The number of nitro benzene ring substituents is 1. The van der Waals surface area contributed by atoms with E-state index in [-0.39, 0.29) is 16.1 Å². The molecule has 1 N–H and O–H groups in total. The largest absolute Gasteiger partial charge is 0.351 e. The molecule has 0 saturated carbocycles. The third kappa shape index (κ3) is 3.52. The summed E-state index contributed by atoms with van der Waals surface area (Å²) in [6.45, 7) is 3.91. The molecule has 0 aromatic heterocycles.